The summed E-state index contributed by atoms with van der Waals surface area (Å²) in [4.78, 5) is 11.2. The smallest absolute Gasteiger partial charge is 0.362 e. The van der Waals surface area contributed by atoms with E-state index in [0.717, 1.165) is 5.56 Å². The molecular weight excluding hydrogens is 206 g/mol. The van der Waals surface area contributed by atoms with Gasteiger partial charge in [0.1, 0.15) is 5.75 Å². The Morgan fingerprint density at radius 2 is 1.75 bits per heavy atom. The van der Waals surface area contributed by atoms with Crippen LogP contribution in [-0.2, 0) is 11.2 Å². The summed E-state index contributed by atoms with van der Waals surface area (Å²) in [5.74, 6) is -0.610. The van der Waals surface area contributed by atoms with Gasteiger partial charge in [-0.15, -0.1) is 0 Å². The van der Waals surface area contributed by atoms with E-state index in [4.69, 9.17) is 10.2 Å². The van der Waals surface area contributed by atoms with Crippen LogP contribution in [0, 0.1) is 0 Å². The van der Waals surface area contributed by atoms with Gasteiger partial charge in [0.2, 0.25) is 0 Å². The lowest BCUT2D eigenvalue weighted by Crippen LogP contribution is -2.51. The number of rotatable bonds is 4. The van der Waals surface area contributed by atoms with Crippen molar-refractivity contribution in [1.82, 2.24) is 0 Å². The minimum atomic E-state index is -0.805. The van der Waals surface area contributed by atoms with E-state index in [1.807, 2.05) is 21.1 Å². The van der Waals surface area contributed by atoms with Crippen LogP contribution in [0.2, 0.25) is 0 Å². The first kappa shape index (κ1) is 12.5. The third-order valence-corrected chi connectivity index (χ3v) is 2.59. The molecule has 4 nitrogen and oxygen atoms in total. The van der Waals surface area contributed by atoms with Gasteiger partial charge in [0.05, 0.1) is 21.1 Å². The molecule has 0 saturated carbocycles. The van der Waals surface area contributed by atoms with Gasteiger partial charge in [-0.1, -0.05) is 12.1 Å². The number of likely N-dealkylation sites (N-methyl/N-ethyl adjacent to an activating group) is 1. The summed E-state index contributed by atoms with van der Waals surface area (Å²) in [5, 5.41) is 18.3. The third-order valence-electron chi connectivity index (χ3n) is 2.59. The van der Waals surface area contributed by atoms with Gasteiger partial charge in [-0.2, -0.15) is 0 Å². The molecule has 2 N–H and O–H groups in total. The minimum absolute atomic E-state index is 0.195. The number of aromatic hydroxyl groups is 1. The molecule has 1 atom stereocenters. The van der Waals surface area contributed by atoms with Gasteiger partial charge >= 0.3 is 5.97 Å². The second-order valence-corrected chi connectivity index (χ2v) is 4.84. The minimum Gasteiger partial charge on any atom is -0.508 e. The van der Waals surface area contributed by atoms with Crippen molar-refractivity contribution in [2.24, 2.45) is 0 Å². The van der Waals surface area contributed by atoms with E-state index in [2.05, 4.69) is 0 Å². The van der Waals surface area contributed by atoms with Crippen LogP contribution in [0.15, 0.2) is 24.3 Å². The van der Waals surface area contributed by atoms with Gasteiger partial charge in [-0.3, -0.25) is 0 Å². The number of nitrogens with zero attached hydrogens (tertiary/aromatic N) is 1. The maximum atomic E-state index is 11.2. The Hall–Kier alpha value is -1.55. The molecule has 16 heavy (non-hydrogen) atoms. The molecule has 0 heterocycles. The summed E-state index contributed by atoms with van der Waals surface area (Å²) in [6.45, 7) is 0. The van der Waals surface area contributed by atoms with Crippen molar-refractivity contribution in [3.05, 3.63) is 29.8 Å². The first-order chi connectivity index (χ1) is 7.30. The van der Waals surface area contributed by atoms with Crippen molar-refractivity contribution < 1.29 is 19.5 Å². The van der Waals surface area contributed by atoms with Crippen molar-refractivity contribution in [3.8, 4) is 5.75 Å². The molecule has 0 spiro atoms. The van der Waals surface area contributed by atoms with Crippen molar-refractivity contribution in [3.63, 3.8) is 0 Å². The van der Waals surface area contributed by atoms with Gasteiger partial charge in [-0.05, 0) is 17.7 Å². The molecule has 1 aromatic rings. The fraction of sp³-hybridized carbons (Fsp3) is 0.417. The number of hydrogen-bond acceptors (Lipinski definition) is 2. The fourth-order valence-corrected chi connectivity index (χ4v) is 1.55. The van der Waals surface area contributed by atoms with Crippen LogP contribution in [0.25, 0.3) is 0 Å². The lowest BCUT2D eigenvalue weighted by Gasteiger charge is -2.31. The average molecular weight is 224 g/mol. The molecule has 0 bridgehead atoms. The van der Waals surface area contributed by atoms with E-state index in [9.17, 15) is 4.79 Å². The highest BCUT2D eigenvalue weighted by Crippen LogP contribution is 2.15. The van der Waals surface area contributed by atoms with Crippen molar-refractivity contribution in [1.29, 1.82) is 0 Å². The SMILES string of the molecule is C[N+](C)(C)[C@H](Cc1ccc(O)cc1)C(=O)O. The number of benzene rings is 1. The molecule has 0 aromatic heterocycles. The second kappa shape index (κ2) is 4.53. The summed E-state index contributed by atoms with van der Waals surface area (Å²) in [7, 11) is 5.58. The predicted octanol–water partition coefficient (Wildman–Crippen LogP) is 1.09. The van der Waals surface area contributed by atoms with Gasteiger partial charge in [-0.25, -0.2) is 4.79 Å². The summed E-state index contributed by atoms with van der Waals surface area (Å²) in [5.41, 5.74) is 0.915. The van der Waals surface area contributed by atoms with E-state index < -0.39 is 12.0 Å². The van der Waals surface area contributed by atoms with E-state index in [1.165, 1.54) is 0 Å². The Kier molecular flexibility index (Phi) is 3.55. The Bertz CT molecular complexity index is 365. The summed E-state index contributed by atoms with van der Waals surface area (Å²) < 4.78 is 0.371. The maximum Gasteiger partial charge on any atom is 0.362 e. The van der Waals surface area contributed by atoms with Crippen LogP contribution in [0.3, 0.4) is 0 Å². The number of quaternary nitrogens is 1. The second-order valence-electron chi connectivity index (χ2n) is 4.84. The number of carboxylic acids is 1. The van der Waals surface area contributed by atoms with Crippen LogP contribution in [-0.4, -0.2) is 47.9 Å². The number of phenolic OH excluding ortho intramolecular Hbond substituents is 1. The Balaban J connectivity index is 2.84. The van der Waals surface area contributed by atoms with E-state index >= 15 is 0 Å². The highest BCUT2D eigenvalue weighted by molar-refractivity contribution is 5.72. The van der Waals surface area contributed by atoms with E-state index in [1.54, 1.807) is 24.3 Å². The number of phenols is 1. The lowest BCUT2D eigenvalue weighted by atomic mass is 10.0. The zero-order valence-electron chi connectivity index (χ0n) is 9.84. The quantitative estimate of drug-likeness (QED) is 0.753. The molecule has 1 aromatic carbocycles. The number of hydrogen-bond donors (Lipinski definition) is 2. The van der Waals surface area contributed by atoms with E-state index in [0.29, 0.717) is 10.9 Å². The lowest BCUT2D eigenvalue weighted by molar-refractivity contribution is -0.887. The van der Waals surface area contributed by atoms with Gasteiger partial charge < -0.3 is 14.7 Å². The summed E-state index contributed by atoms with van der Waals surface area (Å²) in [6, 6.07) is 6.17. The molecule has 0 aliphatic rings. The Morgan fingerprint density at radius 1 is 1.25 bits per heavy atom. The standard InChI is InChI=1S/C12H17NO3/c1-13(2,3)11(12(15)16)8-9-4-6-10(14)7-5-9/h4-7,11H,8H2,1-3H3,(H-,14,15,16)/p+1/t11-/m1/s1. The van der Waals surface area contributed by atoms with Gasteiger partial charge in [0, 0.05) is 6.42 Å². The highest BCUT2D eigenvalue weighted by Gasteiger charge is 2.31. The zero-order chi connectivity index (χ0) is 12.3. The molecule has 4 heteroatoms. The normalized spacial score (nSPS) is 13.4. The molecule has 1 rings (SSSR count). The summed E-state index contributed by atoms with van der Waals surface area (Å²) >= 11 is 0. The van der Waals surface area contributed by atoms with Crippen molar-refractivity contribution in [2.75, 3.05) is 21.1 Å². The largest absolute Gasteiger partial charge is 0.508 e. The molecular formula is C12H18NO3+. The summed E-state index contributed by atoms with van der Waals surface area (Å²) in [6.07, 6.45) is 0.457. The van der Waals surface area contributed by atoms with Crippen LogP contribution in [0.5, 0.6) is 5.75 Å². The first-order valence-corrected chi connectivity index (χ1v) is 5.12. The molecule has 0 aliphatic carbocycles. The monoisotopic (exact) mass is 224 g/mol. The first-order valence-electron chi connectivity index (χ1n) is 5.12. The third kappa shape index (κ3) is 3.24. The molecule has 0 amide bonds. The zero-order valence-corrected chi connectivity index (χ0v) is 9.84. The number of carboxylic acid groups (broad SMARTS) is 1. The van der Waals surface area contributed by atoms with Gasteiger partial charge in [0.25, 0.3) is 0 Å². The van der Waals surface area contributed by atoms with Crippen LogP contribution in [0.4, 0.5) is 0 Å². The molecule has 0 radical (unpaired) electrons. The number of carbonyl (C=O) groups is 1. The molecule has 88 valence electrons. The Labute approximate surface area is 95.3 Å². The van der Waals surface area contributed by atoms with Crippen LogP contribution in [0.1, 0.15) is 5.56 Å². The van der Waals surface area contributed by atoms with Crippen molar-refractivity contribution in [2.45, 2.75) is 12.5 Å². The highest BCUT2D eigenvalue weighted by atomic mass is 16.4. The van der Waals surface area contributed by atoms with Gasteiger partial charge in [0.15, 0.2) is 6.04 Å². The van der Waals surface area contributed by atoms with Crippen molar-refractivity contribution >= 4 is 5.97 Å². The van der Waals surface area contributed by atoms with Crippen LogP contribution < -0.4 is 0 Å². The molecule has 0 fully saturated rings. The Morgan fingerprint density at radius 3 is 2.12 bits per heavy atom. The topological polar surface area (TPSA) is 57.5 Å². The predicted molar refractivity (Wildman–Crippen MR) is 61.3 cm³/mol. The molecule has 0 unspecified atom stereocenters. The molecule has 0 aliphatic heterocycles. The van der Waals surface area contributed by atoms with Crippen LogP contribution >= 0.6 is 0 Å². The average Bonchev–Trinajstić information content (AvgIpc) is 2.14. The fourth-order valence-electron chi connectivity index (χ4n) is 1.55. The van der Waals surface area contributed by atoms with E-state index in [-0.39, 0.29) is 5.75 Å². The number of aliphatic carboxylic acids is 1. The maximum absolute atomic E-state index is 11.2. The molecule has 0 saturated heterocycles.